The maximum Gasteiger partial charge on any atom is 0.308 e. The van der Waals surface area contributed by atoms with Gasteiger partial charge in [-0.1, -0.05) is 52.4 Å². The van der Waals surface area contributed by atoms with Gasteiger partial charge in [0.1, 0.15) is 11.8 Å². The van der Waals surface area contributed by atoms with E-state index in [-0.39, 0.29) is 22.9 Å². The molecule has 2 aromatic heterocycles. The number of pyridine rings is 1. The molecule has 3 amide bonds. The molecule has 0 bridgehead atoms. The number of halogens is 2. The number of rotatable bonds is 6. The summed E-state index contributed by atoms with van der Waals surface area (Å²) >= 11 is 14.0. The SMILES string of the molecule is O=C(Cn1c2c(sc1=O)[C@H](c1cccnc1)C1C(=O)N(c3ccc([N+](=O)[O-])cc3)C(=O)C1S2)Nc1ccc(Cl)c(Cl)c1. The van der Waals surface area contributed by atoms with E-state index in [9.17, 15) is 29.3 Å². The number of anilines is 2. The summed E-state index contributed by atoms with van der Waals surface area (Å²) in [4.78, 5) is 69.7. The summed E-state index contributed by atoms with van der Waals surface area (Å²) in [7, 11) is 0. The molecule has 1 N–H and O–H groups in total. The number of fused-ring (bicyclic) bond motifs is 2. The Morgan fingerprint density at radius 2 is 1.81 bits per heavy atom. The molecule has 1 saturated heterocycles. The summed E-state index contributed by atoms with van der Waals surface area (Å²) < 4.78 is 1.30. The van der Waals surface area contributed by atoms with Gasteiger partial charge in [-0.2, -0.15) is 0 Å². The van der Waals surface area contributed by atoms with Crippen molar-refractivity contribution in [2.24, 2.45) is 5.92 Å². The molecule has 6 rings (SSSR count). The highest BCUT2D eigenvalue weighted by Crippen LogP contribution is 2.53. The first kappa shape index (κ1) is 28.1. The number of carbonyl (C=O) groups is 3. The van der Waals surface area contributed by atoms with Crippen LogP contribution in [0.4, 0.5) is 17.1 Å². The lowest BCUT2D eigenvalue weighted by Crippen LogP contribution is -2.33. The van der Waals surface area contributed by atoms with Crippen molar-refractivity contribution >= 4 is 81.1 Å². The number of non-ortho nitro benzene ring substituents is 1. The predicted octanol–water partition coefficient (Wildman–Crippen LogP) is 4.95. The van der Waals surface area contributed by atoms with Crippen LogP contribution in [-0.2, 0) is 20.9 Å². The van der Waals surface area contributed by atoms with Crippen molar-refractivity contribution < 1.29 is 19.3 Å². The number of aromatic nitrogens is 2. The first-order valence-corrected chi connectivity index (χ1v) is 14.8. The molecule has 15 heteroatoms. The molecule has 0 spiro atoms. The molecule has 42 heavy (non-hydrogen) atoms. The van der Waals surface area contributed by atoms with Crippen LogP contribution in [0.1, 0.15) is 16.4 Å². The number of nitro groups is 1. The summed E-state index contributed by atoms with van der Waals surface area (Å²) in [5.74, 6) is -3.06. The third-order valence-corrected chi connectivity index (χ3v) is 10.3. The average Bonchev–Trinajstić information content (AvgIpc) is 3.41. The Kier molecular flexibility index (Phi) is 7.35. The van der Waals surface area contributed by atoms with Crippen LogP contribution in [0.2, 0.25) is 10.0 Å². The maximum atomic E-state index is 13.9. The van der Waals surface area contributed by atoms with Gasteiger partial charge in [-0.25, -0.2) is 4.90 Å². The molecule has 4 heterocycles. The number of nitro benzene ring substituents is 1. The Morgan fingerprint density at radius 1 is 1.05 bits per heavy atom. The van der Waals surface area contributed by atoms with Crippen molar-refractivity contribution in [3.8, 4) is 0 Å². The molecule has 2 aromatic carbocycles. The number of imide groups is 1. The molecule has 0 saturated carbocycles. The normalized spacial score (nSPS) is 19.4. The minimum Gasteiger partial charge on any atom is -0.324 e. The monoisotopic (exact) mass is 641 g/mol. The van der Waals surface area contributed by atoms with E-state index in [0.717, 1.165) is 28.0 Å². The van der Waals surface area contributed by atoms with Gasteiger partial charge in [-0.3, -0.25) is 38.8 Å². The molecule has 2 aliphatic heterocycles. The van der Waals surface area contributed by atoms with Gasteiger partial charge in [0, 0.05) is 41.0 Å². The van der Waals surface area contributed by atoms with Crippen LogP contribution >= 0.6 is 46.3 Å². The number of amides is 3. The van der Waals surface area contributed by atoms with Gasteiger partial charge in [-0.05, 0) is 42.0 Å². The number of hydrogen-bond donors (Lipinski definition) is 1. The van der Waals surface area contributed by atoms with Crippen LogP contribution in [0.15, 0.2) is 76.8 Å². The number of thioether (sulfide) groups is 1. The van der Waals surface area contributed by atoms with Crippen LogP contribution in [0, 0.1) is 16.0 Å². The number of nitrogens with zero attached hydrogens (tertiary/aromatic N) is 4. The smallest absolute Gasteiger partial charge is 0.308 e. The van der Waals surface area contributed by atoms with Crippen molar-refractivity contribution in [1.82, 2.24) is 9.55 Å². The summed E-state index contributed by atoms with van der Waals surface area (Å²) in [6.45, 7) is -0.344. The molecule has 2 unspecified atom stereocenters. The van der Waals surface area contributed by atoms with E-state index >= 15 is 0 Å². The Morgan fingerprint density at radius 3 is 2.48 bits per heavy atom. The van der Waals surface area contributed by atoms with Gasteiger partial charge in [-0.15, -0.1) is 0 Å². The van der Waals surface area contributed by atoms with Gasteiger partial charge in [0.2, 0.25) is 17.7 Å². The predicted molar refractivity (Wildman–Crippen MR) is 158 cm³/mol. The van der Waals surface area contributed by atoms with Crippen LogP contribution in [-0.4, -0.2) is 37.4 Å². The fraction of sp³-hybridized carbons (Fsp3) is 0.148. The highest BCUT2D eigenvalue weighted by atomic mass is 35.5. The van der Waals surface area contributed by atoms with Gasteiger partial charge < -0.3 is 5.32 Å². The second-order valence-corrected chi connectivity index (χ2v) is 12.4. The lowest BCUT2D eigenvalue weighted by atomic mass is 9.84. The molecule has 3 atom stereocenters. The molecular weight excluding hydrogens is 625 g/mol. The number of nitrogens with one attached hydrogen (secondary N) is 1. The standard InChI is InChI=1S/C27H17Cl2N5O6S2/c28-17-8-3-14(10-18(17)29)31-19(35)12-32-26-23(42-27(32)38)20(13-2-1-9-30-11-13)21-22(41-26)25(37)33(24(21)36)15-4-6-16(7-5-15)34(39)40/h1-11,20-22H,12H2,(H,31,35)/t20-,21?,22?/m1/s1. The van der Waals surface area contributed by atoms with E-state index in [4.69, 9.17) is 23.2 Å². The van der Waals surface area contributed by atoms with Gasteiger partial charge in [0.05, 0.1) is 31.6 Å². The van der Waals surface area contributed by atoms with E-state index in [2.05, 4.69) is 10.3 Å². The molecule has 1 fully saturated rings. The first-order chi connectivity index (χ1) is 20.1. The molecular formula is C27H17Cl2N5O6S2. The van der Waals surface area contributed by atoms with Gasteiger partial charge in [0.25, 0.3) is 5.69 Å². The Hall–Kier alpha value is -4.04. The quantitative estimate of drug-likeness (QED) is 0.177. The number of benzene rings is 2. The Bertz CT molecular complexity index is 1830. The number of hydrogen-bond acceptors (Lipinski definition) is 9. The summed E-state index contributed by atoms with van der Waals surface area (Å²) in [5, 5.41) is 13.9. The van der Waals surface area contributed by atoms with Crippen LogP contribution in [0.25, 0.3) is 0 Å². The maximum absolute atomic E-state index is 13.9. The summed E-state index contributed by atoms with van der Waals surface area (Å²) in [6, 6.07) is 13.2. The second kappa shape index (κ2) is 11.0. The van der Waals surface area contributed by atoms with Crippen LogP contribution < -0.4 is 15.1 Å². The van der Waals surface area contributed by atoms with E-state index in [0.29, 0.717) is 26.2 Å². The topological polar surface area (TPSA) is 145 Å². The lowest BCUT2D eigenvalue weighted by molar-refractivity contribution is -0.384. The Labute approximate surface area is 255 Å². The highest BCUT2D eigenvalue weighted by molar-refractivity contribution is 8.00. The summed E-state index contributed by atoms with van der Waals surface area (Å²) in [5.41, 5.74) is 1.05. The zero-order valence-corrected chi connectivity index (χ0v) is 24.2. The molecule has 0 radical (unpaired) electrons. The van der Waals surface area contributed by atoms with Crippen LogP contribution in [0.5, 0.6) is 0 Å². The fourth-order valence-electron chi connectivity index (χ4n) is 5.07. The van der Waals surface area contributed by atoms with E-state index in [1.54, 1.807) is 30.6 Å². The molecule has 0 aliphatic carbocycles. The van der Waals surface area contributed by atoms with E-state index in [1.807, 2.05) is 0 Å². The minimum atomic E-state index is -0.913. The second-order valence-electron chi connectivity index (χ2n) is 9.41. The van der Waals surface area contributed by atoms with Gasteiger partial charge in [0.15, 0.2) is 0 Å². The number of thiazole rings is 1. The third-order valence-electron chi connectivity index (χ3n) is 6.92. The largest absolute Gasteiger partial charge is 0.324 e. The van der Waals surface area contributed by atoms with Crippen molar-refractivity contribution in [3.05, 3.63) is 107 Å². The number of carbonyl (C=O) groups excluding carboxylic acids is 3. The average molecular weight is 643 g/mol. The summed E-state index contributed by atoms with van der Waals surface area (Å²) in [6.07, 6.45) is 3.16. The van der Waals surface area contributed by atoms with Gasteiger partial charge >= 0.3 is 4.87 Å². The van der Waals surface area contributed by atoms with Crippen molar-refractivity contribution in [2.75, 3.05) is 10.2 Å². The molecule has 11 nitrogen and oxygen atoms in total. The lowest BCUT2D eigenvalue weighted by Gasteiger charge is -2.30. The van der Waals surface area contributed by atoms with E-state index < -0.39 is 44.6 Å². The minimum absolute atomic E-state index is 0.178. The Balaban J connectivity index is 1.37. The zero-order valence-electron chi connectivity index (χ0n) is 21.1. The first-order valence-electron chi connectivity index (χ1n) is 12.3. The molecule has 4 aromatic rings. The molecule has 212 valence electrons. The zero-order chi connectivity index (χ0) is 29.7. The fourth-order valence-corrected chi connectivity index (χ4v) is 8.14. The highest BCUT2D eigenvalue weighted by Gasteiger charge is 2.57. The van der Waals surface area contributed by atoms with Crippen molar-refractivity contribution in [2.45, 2.75) is 22.7 Å². The van der Waals surface area contributed by atoms with E-state index in [1.165, 1.54) is 41.0 Å². The van der Waals surface area contributed by atoms with Crippen molar-refractivity contribution in [3.63, 3.8) is 0 Å². The molecule has 2 aliphatic rings. The van der Waals surface area contributed by atoms with Crippen LogP contribution in [0.3, 0.4) is 0 Å². The third kappa shape index (κ3) is 4.87. The van der Waals surface area contributed by atoms with Crippen molar-refractivity contribution in [1.29, 1.82) is 0 Å².